The van der Waals surface area contributed by atoms with Gasteiger partial charge in [0.1, 0.15) is 6.54 Å². The van der Waals surface area contributed by atoms with Gasteiger partial charge >= 0.3 is 6.01 Å². The molecule has 17 heavy (non-hydrogen) atoms. The minimum atomic E-state index is 0.0949. The molecule has 0 bridgehead atoms. The van der Waals surface area contributed by atoms with Crippen molar-refractivity contribution in [2.24, 2.45) is 5.73 Å². The summed E-state index contributed by atoms with van der Waals surface area (Å²) in [5.41, 5.74) is 5.37. The Balaban J connectivity index is 1.91. The lowest BCUT2D eigenvalue weighted by Crippen LogP contribution is -2.37. The number of likely N-dealkylation sites (N-methyl/N-ethyl adjacent to an activating group) is 1. The summed E-state index contributed by atoms with van der Waals surface area (Å²) in [5.74, 6) is 0.470. The van der Waals surface area contributed by atoms with Crippen molar-refractivity contribution in [3.8, 4) is 0 Å². The van der Waals surface area contributed by atoms with Crippen molar-refractivity contribution >= 4 is 11.9 Å². The van der Waals surface area contributed by atoms with E-state index in [0.29, 0.717) is 11.9 Å². The molecule has 1 saturated heterocycles. The fourth-order valence-electron chi connectivity index (χ4n) is 1.82. The van der Waals surface area contributed by atoms with Crippen molar-refractivity contribution in [2.75, 3.05) is 31.6 Å². The first-order chi connectivity index (χ1) is 8.20. The molecule has 0 aliphatic carbocycles. The van der Waals surface area contributed by atoms with Crippen LogP contribution in [-0.4, -0.2) is 47.7 Å². The zero-order valence-corrected chi connectivity index (χ0v) is 9.93. The monoisotopic (exact) mass is 239 g/mol. The van der Waals surface area contributed by atoms with E-state index in [1.807, 2.05) is 4.90 Å². The highest BCUT2D eigenvalue weighted by molar-refractivity contribution is 5.80. The van der Waals surface area contributed by atoms with Crippen LogP contribution in [0.15, 0.2) is 4.42 Å². The first-order valence-corrected chi connectivity index (χ1v) is 5.72. The normalized spacial score (nSPS) is 15.3. The summed E-state index contributed by atoms with van der Waals surface area (Å²) < 4.78 is 5.27. The van der Waals surface area contributed by atoms with Crippen LogP contribution in [0.5, 0.6) is 0 Å². The topological polar surface area (TPSA) is 88.5 Å². The molecule has 2 heterocycles. The molecule has 1 aliphatic heterocycles. The fourth-order valence-corrected chi connectivity index (χ4v) is 1.82. The second-order valence-electron chi connectivity index (χ2n) is 4.13. The molecule has 94 valence electrons. The minimum absolute atomic E-state index is 0.0949. The molecule has 0 radical (unpaired) electrons. The molecule has 0 atom stereocenters. The van der Waals surface area contributed by atoms with Gasteiger partial charge in [0, 0.05) is 20.1 Å². The Hall–Kier alpha value is -1.63. The van der Waals surface area contributed by atoms with Crippen molar-refractivity contribution in [3.05, 3.63) is 5.89 Å². The summed E-state index contributed by atoms with van der Waals surface area (Å²) in [5, 5.41) is 7.58. The molecular weight excluding hydrogens is 222 g/mol. The molecule has 1 fully saturated rings. The molecule has 2 N–H and O–H groups in total. The third-order valence-electron chi connectivity index (χ3n) is 2.79. The van der Waals surface area contributed by atoms with Crippen LogP contribution >= 0.6 is 0 Å². The van der Waals surface area contributed by atoms with Crippen molar-refractivity contribution < 1.29 is 9.21 Å². The molecule has 0 spiro atoms. The second kappa shape index (κ2) is 5.13. The number of aromatic nitrogens is 2. The van der Waals surface area contributed by atoms with E-state index in [4.69, 9.17) is 10.2 Å². The highest BCUT2D eigenvalue weighted by Crippen LogP contribution is 2.12. The van der Waals surface area contributed by atoms with Crippen molar-refractivity contribution in [3.63, 3.8) is 0 Å². The molecule has 7 nitrogen and oxygen atoms in total. The molecule has 0 saturated carbocycles. The standard InChI is InChI=1S/C10H17N5O2/c1-14(10-13-12-8(6-11)17-10)7-9(16)15-4-2-3-5-15/h2-7,11H2,1H3. The smallest absolute Gasteiger partial charge is 0.318 e. The van der Waals surface area contributed by atoms with Crippen molar-refractivity contribution in [1.82, 2.24) is 15.1 Å². The zero-order valence-electron chi connectivity index (χ0n) is 9.93. The van der Waals surface area contributed by atoms with Gasteiger partial charge in [-0.3, -0.25) is 4.79 Å². The van der Waals surface area contributed by atoms with E-state index in [-0.39, 0.29) is 19.0 Å². The molecule has 0 aromatic carbocycles. The highest BCUT2D eigenvalue weighted by Gasteiger charge is 2.21. The van der Waals surface area contributed by atoms with Crippen LogP contribution in [0.1, 0.15) is 18.7 Å². The Morgan fingerprint density at radius 3 is 2.76 bits per heavy atom. The molecule has 1 amide bonds. The van der Waals surface area contributed by atoms with E-state index >= 15 is 0 Å². The van der Waals surface area contributed by atoms with Gasteiger partial charge in [-0.25, -0.2) is 0 Å². The molecule has 0 unspecified atom stereocenters. The third kappa shape index (κ3) is 2.73. The predicted octanol–water partition coefficient (Wildman–Crippen LogP) is -0.413. The van der Waals surface area contributed by atoms with Gasteiger partial charge in [0.25, 0.3) is 0 Å². The van der Waals surface area contributed by atoms with Gasteiger partial charge in [0.2, 0.25) is 11.8 Å². The maximum atomic E-state index is 11.9. The van der Waals surface area contributed by atoms with E-state index in [9.17, 15) is 4.79 Å². The maximum Gasteiger partial charge on any atom is 0.318 e. The molecule has 1 aliphatic rings. The number of hydrogen-bond acceptors (Lipinski definition) is 6. The number of rotatable bonds is 4. The van der Waals surface area contributed by atoms with Crippen LogP contribution in [-0.2, 0) is 11.3 Å². The summed E-state index contributed by atoms with van der Waals surface area (Å²) >= 11 is 0. The Morgan fingerprint density at radius 2 is 2.18 bits per heavy atom. The van der Waals surface area contributed by atoms with Crippen LogP contribution in [0.25, 0.3) is 0 Å². The van der Waals surface area contributed by atoms with Gasteiger partial charge in [-0.05, 0) is 12.8 Å². The first-order valence-electron chi connectivity index (χ1n) is 5.72. The fraction of sp³-hybridized carbons (Fsp3) is 0.700. The van der Waals surface area contributed by atoms with E-state index in [1.54, 1.807) is 11.9 Å². The zero-order chi connectivity index (χ0) is 12.3. The largest absolute Gasteiger partial charge is 0.407 e. The summed E-state index contributed by atoms with van der Waals surface area (Å²) in [6.07, 6.45) is 2.18. The van der Waals surface area contributed by atoms with Crippen molar-refractivity contribution in [2.45, 2.75) is 19.4 Å². The quantitative estimate of drug-likeness (QED) is 0.768. The SMILES string of the molecule is CN(CC(=O)N1CCCC1)c1nnc(CN)o1. The molecule has 1 aromatic rings. The number of nitrogens with zero attached hydrogens (tertiary/aromatic N) is 4. The van der Waals surface area contributed by atoms with Crippen molar-refractivity contribution in [1.29, 1.82) is 0 Å². The minimum Gasteiger partial charge on any atom is -0.407 e. The number of amides is 1. The van der Waals surface area contributed by atoms with Gasteiger partial charge in [-0.15, -0.1) is 5.10 Å². The number of carbonyl (C=O) groups is 1. The van der Waals surface area contributed by atoms with Gasteiger partial charge in [0.05, 0.1) is 6.54 Å². The van der Waals surface area contributed by atoms with Gasteiger partial charge in [-0.2, -0.15) is 0 Å². The van der Waals surface area contributed by atoms with E-state index in [1.165, 1.54) is 0 Å². The average Bonchev–Trinajstić information content (AvgIpc) is 3.00. The van der Waals surface area contributed by atoms with Crippen LogP contribution in [0.4, 0.5) is 6.01 Å². The van der Waals surface area contributed by atoms with E-state index < -0.39 is 0 Å². The first kappa shape index (κ1) is 11.8. The Kier molecular flexibility index (Phi) is 3.58. The Morgan fingerprint density at radius 1 is 1.47 bits per heavy atom. The number of nitrogens with two attached hydrogens (primary N) is 1. The number of likely N-dealkylation sites (tertiary alicyclic amines) is 1. The lowest BCUT2D eigenvalue weighted by Gasteiger charge is -2.19. The number of anilines is 1. The maximum absolute atomic E-state index is 11.9. The molecule has 1 aromatic heterocycles. The summed E-state index contributed by atoms with van der Waals surface area (Å²) in [6, 6.07) is 0.331. The highest BCUT2D eigenvalue weighted by atomic mass is 16.4. The summed E-state index contributed by atoms with van der Waals surface area (Å²) in [6.45, 7) is 2.17. The van der Waals surface area contributed by atoms with E-state index in [2.05, 4.69) is 10.2 Å². The number of carbonyl (C=O) groups excluding carboxylic acids is 1. The second-order valence-corrected chi connectivity index (χ2v) is 4.13. The summed E-state index contributed by atoms with van der Waals surface area (Å²) in [4.78, 5) is 15.4. The van der Waals surface area contributed by atoms with Gasteiger partial charge in [0.15, 0.2) is 0 Å². The van der Waals surface area contributed by atoms with Crippen LogP contribution < -0.4 is 10.6 Å². The lowest BCUT2D eigenvalue weighted by atomic mass is 10.4. The Labute approximate surface area is 99.6 Å². The average molecular weight is 239 g/mol. The molecular formula is C10H17N5O2. The number of hydrogen-bond donors (Lipinski definition) is 1. The molecule has 7 heteroatoms. The third-order valence-corrected chi connectivity index (χ3v) is 2.79. The molecule has 2 rings (SSSR count). The Bertz CT molecular complexity index is 386. The summed E-state index contributed by atoms with van der Waals surface area (Å²) in [7, 11) is 1.75. The predicted molar refractivity (Wildman–Crippen MR) is 61.3 cm³/mol. The lowest BCUT2D eigenvalue weighted by molar-refractivity contribution is -0.128. The van der Waals surface area contributed by atoms with Crippen LogP contribution in [0.3, 0.4) is 0 Å². The van der Waals surface area contributed by atoms with Gasteiger partial charge in [-0.1, -0.05) is 5.10 Å². The van der Waals surface area contributed by atoms with Crippen LogP contribution in [0.2, 0.25) is 0 Å². The van der Waals surface area contributed by atoms with Gasteiger partial charge < -0.3 is 20.0 Å². The van der Waals surface area contributed by atoms with Crippen LogP contribution in [0, 0.1) is 0 Å². The van der Waals surface area contributed by atoms with E-state index in [0.717, 1.165) is 25.9 Å².